The van der Waals surface area contributed by atoms with Crippen LogP contribution in [0.5, 0.6) is 0 Å². The Labute approximate surface area is 147 Å². The Morgan fingerprint density at radius 3 is 2.29 bits per heavy atom. The van der Waals surface area contributed by atoms with Crippen LogP contribution in [-0.2, 0) is 16.0 Å². The molecule has 0 heterocycles. The highest BCUT2D eigenvalue weighted by molar-refractivity contribution is 6.30. The summed E-state index contributed by atoms with van der Waals surface area (Å²) >= 11 is 5.88. The number of rotatable bonds is 7. The average Bonchev–Trinajstić information content (AvgIpc) is 2.59. The largest absolute Gasteiger partial charge is 0.348 e. The first-order valence-corrected chi connectivity index (χ1v) is 8.31. The van der Waals surface area contributed by atoms with Gasteiger partial charge in [0, 0.05) is 5.02 Å². The highest BCUT2D eigenvalue weighted by Gasteiger charge is 2.13. The fraction of sp³-hybridized carbons (Fsp3) is 0.263. The van der Waals surface area contributed by atoms with Gasteiger partial charge in [0.05, 0.1) is 19.0 Å². The number of nitrogens with one attached hydrogen (secondary N) is 2. The maximum absolute atomic E-state index is 12.1. The van der Waals surface area contributed by atoms with Crippen LogP contribution in [-0.4, -0.2) is 18.4 Å². The lowest BCUT2D eigenvalue weighted by molar-refractivity contribution is -0.126. The Morgan fingerprint density at radius 1 is 1.00 bits per heavy atom. The Bertz CT molecular complexity index is 672. The molecule has 0 aliphatic rings. The maximum Gasteiger partial charge on any atom is 0.239 e. The van der Waals surface area contributed by atoms with Gasteiger partial charge >= 0.3 is 0 Å². The molecule has 126 valence electrons. The van der Waals surface area contributed by atoms with Crippen LogP contribution < -0.4 is 10.6 Å². The summed E-state index contributed by atoms with van der Waals surface area (Å²) < 4.78 is 0. The number of hydrogen-bond donors (Lipinski definition) is 2. The topological polar surface area (TPSA) is 58.2 Å². The molecule has 24 heavy (non-hydrogen) atoms. The van der Waals surface area contributed by atoms with Gasteiger partial charge in [0.15, 0.2) is 0 Å². The predicted octanol–water partition coefficient (Wildman–Crippen LogP) is 3.27. The summed E-state index contributed by atoms with van der Waals surface area (Å²) in [6.07, 6.45) is 1.02. The van der Waals surface area contributed by atoms with Crippen molar-refractivity contribution >= 4 is 23.4 Å². The first-order valence-electron chi connectivity index (χ1n) is 7.94. The number of amides is 2. The maximum atomic E-state index is 12.1. The van der Waals surface area contributed by atoms with Gasteiger partial charge in [0.25, 0.3) is 0 Å². The number of carbonyl (C=O) groups is 2. The standard InChI is InChI=1S/C19H21ClN2O2/c1-2-17(15-8-10-16(20)11-9-15)22-19(24)13-21-18(23)12-14-6-4-3-5-7-14/h3-11,17H,2,12-13H2,1H3,(H,21,23)(H,22,24)/t17-/m1/s1. The van der Waals surface area contributed by atoms with Gasteiger partial charge in [-0.1, -0.05) is 61.0 Å². The third kappa shape index (κ3) is 5.70. The average molecular weight is 345 g/mol. The van der Waals surface area contributed by atoms with Gasteiger partial charge in [0.1, 0.15) is 0 Å². The summed E-state index contributed by atoms with van der Waals surface area (Å²) in [5.41, 5.74) is 1.91. The van der Waals surface area contributed by atoms with Crippen molar-refractivity contribution in [3.05, 3.63) is 70.7 Å². The second-order valence-electron chi connectivity index (χ2n) is 5.52. The third-order valence-corrected chi connectivity index (χ3v) is 3.92. The second kappa shape index (κ2) is 9.08. The fourth-order valence-electron chi connectivity index (χ4n) is 2.38. The number of hydrogen-bond acceptors (Lipinski definition) is 2. The van der Waals surface area contributed by atoms with Gasteiger partial charge in [0.2, 0.25) is 11.8 Å². The van der Waals surface area contributed by atoms with Crippen LogP contribution in [0.2, 0.25) is 5.02 Å². The molecule has 0 unspecified atom stereocenters. The molecule has 0 spiro atoms. The molecule has 0 fully saturated rings. The Morgan fingerprint density at radius 2 is 1.67 bits per heavy atom. The van der Waals surface area contributed by atoms with Crippen molar-refractivity contribution in [1.82, 2.24) is 10.6 Å². The molecule has 0 saturated heterocycles. The molecule has 1 atom stereocenters. The van der Waals surface area contributed by atoms with E-state index in [-0.39, 0.29) is 30.8 Å². The second-order valence-corrected chi connectivity index (χ2v) is 5.96. The van der Waals surface area contributed by atoms with Gasteiger partial charge in [-0.2, -0.15) is 0 Å². The summed E-state index contributed by atoms with van der Waals surface area (Å²) in [6, 6.07) is 16.7. The molecule has 2 N–H and O–H groups in total. The van der Waals surface area contributed by atoms with Crippen molar-refractivity contribution in [1.29, 1.82) is 0 Å². The van der Waals surface area contributed by atoms with E-state index < -0.39 is 0 Å². The minimum atomic E-state index is -0.210. The van der Waals surface area contributed by atoms with Gasteiger partial charge in [-0.3, -0.25) is 9.59 Å². The molecule has 0 aliphatic carbocycles. The van der Waals surface area contributed by atoms with Gasteiger partial charge in [-0.05, 0) is 29.7 Å². The van der Waals surface area contributed by atoms with Crippen molar-refractivity contribution in [2.75, 3.05) is 6.54 Å². The zero-order valence-corrected chi connectivity index (χ0v) is 14.3. The smallest absolute Gasteiger partial charge is 0.239 e. The van der Waals surface area contributed by atoms with E-state index in [2.05, 4.69) is 10.6 Å². The third-order valence-electron chi connectivity index (χ3n) is 3.67. The van der Waals surface area contributed by atoms with Crippen LogP contribution in [0.15, 0.2) is 54.6 Å². The van der Waals surface area contributed by atoms with E-state index in [1.807, 2.05) is 49.4 Å². The van der Waals surface area contributed by atoms with Crippen LogP contribution in [0.25, 0.3) is 0 Å². The zero-order valence-electron chi connectivity index (χ0n) is 13.6. The summed E-state index contributed by atoms with van der Waals surface area (Å²) in [4.78, 5) is 23.9. The Kier molecular flexibility index (Phi) is 6.82. The molecule has 2 rings (SSSR count). The molecule has 0 bridgehead atoms. The molecular weight excluding hydrogens is 324 g/mol. The first-order chi connectivity index (χ1) is 11.6. The normalized spacial score (nSPS) is 11.6. The first kappa shape index (κ1) is 18.0. The zero-order chi connectivity index (χ0) is 17.4. The number of carbonyl (C=O) groups excluding carboxylic acids is 2. The Balaban J connectivity index is 1.81. The minimum Gasteiger partial charge on any atom is -0.348 e. The van der Waals surface area contributed by atoms with Gasteiger partial charge < -0.3 is 10.6 Å². The molecule has 5 heteroatoms. The lowest BCUT2D eigenvalue weighted by Crippen LogP contribution is -2.39. The van der Waals surface area contributed by atoms with E-state index in [1.54, 1.807) is 12.1 Å². The van der Waals surface area contributed by atoms with Crippen molar-refractivity contribution in [2.24, 2.45) is 0 Å². The van der Waals surface area contributed by atoms with Crippen LogP contribution in [0.3, 0.4) is 0 Å². The van der Waals surface area contributed by atoms with Gasteiger partial charge in [-0.15, -0.1) is 0 Å². The molecule has 0 radical (unpaired) electrons. The fourth-order valence-corrected chi connectivity index (χ4v) is 2.51. The summed E-state index contributed by atoms with van der Waals surface area (Å²) in [7, 11) is 0. The molecule has 2 aromatic carbocycles. The van der Waals surface area contributed by atoms with E-state index in [1.165, 1.54) is 0 Å². The lowest BCUT2D eigenvalue weighted by atomic mass is 10.0. The van der Waals surface area contributed by atoms with Crippen molar-refractivity contribution in [2.45, 2.75) is 25.8 Å². The molecule has 0 saturated carbocycles. The summed E-state index contributed by atoms with van der Waals surface area (Å²) in [5, 5.41) is 6.23. The van der Waals surface area contributed by atoms with E-state index in [4.69, 9.17) is 11.6 Å². The number of benzene rings is 2. The molecule has 0 aromatic heterocycles. The van der Waals surface area contributed by atoms with E-state index in [0.29, 0.717) is 5.02 Å². The number of halogens is 1. The van der Waals surface area contributed by atoms with Gasteiger partial charge in [-0.25, -0.2) is 0 Å². The van der Waals surface area contributed by atoms with Crippen molar-refractivity contribution in [3.63, 3.8) is 0 Å². The monoisotopic (exact) mass is 344 g/mol. The molecule has 2 amide bonds. The predicted molar refractivity (Wildman–Crippen MR) is 95.8 cm³/mol. The molecule has 4 nitrogen and oxygen atoms in total. The quantitative estimate of drug-likeness (QED) is 0.810. The minimum absolute atomic E-state index is 0.0320. The molecule has 2 aromatic rings. The molecular formula is C19H21ClN2O2. The van der Waals surface area contributed by atoms with E-state index in [9.17, 15) is 9.59 Å². The highest BCUT2D eigenvalue weighted by Crippen LogP contribution is 2.18. The summed E-state index contributed by atoms with van der Waals surface area (Å²) in [6.45, 7) is 1.96. The van der Waals surface area contributed by atoms with Crippen molar-refractivity contribution in [3.8, 4) is 0 Å². The highest BCUT2D eigenvalue weighted by atomic mass is 35.5. The van der Waals surface area contributed by atoms with Crippen LogP contribution >= 0.6 is 11.6 Å². The lowest BCUT2D eigenvalue weighted by Gasteiger charge is -2.18. The SMILES string of the molecule is CC[C@@H](NC(=O)CNC(=O)Cc1ccccc1)c1ccc(Cl)cc1. The summed E-state index contributed by atoms with van der Waals surface area (Å²) in [5.74, 6) is -0.380. The molecule has 0 aliphatic heterocycles. The van der Waals surface area contributed by atoms with Crippen molar-refractivity contribution < 1.29 is 9.59 Å². The van der Waals surface area contributed by atoms with Crippen LogP contribution in [0.1, 0.15) is 30.5 Å². The Hall–Kier alpha value is -2.33. The van der Waals surface area contributed by atoms with Crippen LogP contribution in [0, 0.1) is 0 Å². The van der Waals surface area contributed by atoms with E-state index in [0.717, 1.165) is 17.5 Å². The van der Waals surface area contributed by atoms with Crippen LogP contribution in [0.4, 0.5) is 0 Å². The van der Waals surface area contributed by atoms with E-state index >= 15 is 0 Å².